The number of pyridine rings is 1. The summed E-state index contributed by atoms with van der Waals surface area (Å²) in [7, 11) is 1.68. The Bertz CT molecular complexity index is 1840. The van der Waals surface area contributed by atoms with Gasteiger partial charge in [-0.25, -0.2) is 4.79 Å². The number of hydrogen-bond acceptors (Lipinski definition) is 5. The van der Waals surface area contributed by atoms with Crippen molar-refractivity contribution in [2.75, 3.05) is 18.6 Å². The molecular formula is C34H25F5N2O3. The van der Waals surface area contributed by atoms with Gasteiger partial charge in [0.25, 0.3) is 0 Å². The molecule has 0 spiro atoms. The second-order valence-corrected chi connectivity index (χ2v) is 9.89. The van der Waals surface area contributed by atoms with Gasteiger partial charge in [0.15, 0.2) is 5.78 Å². The van der Waals surface area contributed by atoms with Crippen molar-refractivity contribution in [2.45, 2.75) is 19.0 Å². The lowest BCUT2D eigenvalue weighted by atomic mass is 9.91. The van der Waals surface area contributed by atoms with Gasteiger partial charge in [0, 0.05) is 52.3 Å². The van der Waals surface area contributed by atoms with Gasteiger partial charge in [-0.1, -0.05) is 66.7 Å². The summed E-state index contributed by atoms with van der Waals surface area (Å²) < 4.78 is 75.3. The molecule has 0 aliphatic heterocycles. The van der Waals surface area contributed by atoms with E-state index in [1.54, 1.807) is 66.5 Å². The van der Waals surface area contributed by atoms with E-state index < -0.39 is 35.0 Å². The molecule has 0 atom stereocenters. The smallest absolute Gasteiger partial charge is 0.418 e. The van der Waals surface area contributed by atoms with Gasteiger partial charge >= 0.3 is 18.1 Å². The van der Waals surface area contributed by atoms with Gasteiger partial charge in [-0.15, -0.1) is 0 Å². The standard InChI is InChI=1S/C34H25F5N2O3/c1-3-44-32(43)33(35,36)23-15-17-24(18-16-23)41(2)25-12-7-11-22(19-25)29-26-13-8-14-28(34(37,38)39)30(26)40-20-27(29)31(42)21-9-5-4-6-10-21/h4-20H,3H2,1-2H3. The van der Waals surface area contributed by atoms with Crippen LogP contribution in [0.15, 0.2) is 103 Å². The van der Waals surface area contributed by atoms with Crippen molar-refractivity contribution in [3.8, 4) is 11.1 Å². The number of halogens is 5. The Balaban J connectivity index is 1.61. The quantitative estimate of drug-likeness (QED) is 0.101. The zero-order chi connectivity index (χ0) is 31.6. The van der Waals surface area contributed by atoms with Crippen molar-refractivity contribution >= 4 is 34.0 Å². The summed E-state index contributed by atoms with van der Waals surface area (Å²) in [4.78, 5) is 31.2. The third-order valence-electron chi connectivity index (χ3n) is 7.15. The van der Waals surface area contributed by atoms with Crippen LogP contribution in [0.25, 0.3) is 22.0 Å². The van der Waals surface area contributed by atoms with E-state index >= 15 is 0 Å². The number of esters is 1. The minimum Gasteiger partial charge on any atom is -0.461 e. The maximum atomic E-state index is 14.5. The zero-order valence-corrected chi connectivity index (χ0v) is 23.5. The Morgan fingerprint density at radius 3 is 2.16 bits per heavy atom. The molecule has 0 N–H and O–H groups in total. The van der Waals surface area contributed by atoms with E-state index in [2.05, 4.69) is 9.72 Å². The Labute approximate surface area is 249 Å². The summed E-state index contributed by atoms with van der Waals surface area (Å²) in [5.41, 5.74) is 0.477. The van der Waals surface area contributed by atoms with Gasteiger partial charge in [0.1, 0.15) is 0 Å². The van der Waals surface area contributed by atoms with Crippen LogP contribution in [0.3, 0.4) is 0 Å². The molecule has 5 rings (SSSR count). The number of fused-ring (bicyclic) bond motifs is 1. The highest BCUT2D eigenvalue weighted by Crippen LogP contribution is 2.40. The molecule has 0 amide bonds. The highest BCUT2D eigenvalue weighted by molar-refractivity contribution is 6.16. The van der Waals surface area contributed by atoms with Crippen LogP contribution >= 0.6 is 0 Å². The molecule has 44 heavy (non-hydrogen) atoms. The maximum Gasteiger partial charge on any atom is 0.418 e. The molecule has 5 nitrogen and oxygen atoms in total. The van der Waals surface area contributed by atoms with Crippen molar-refractivity contribution in [1.82, 2.24) is 4.98 Å². The fraction of sp³-hybridized carbons (Fsp3) is 0.147. The molecule has 4 aromatic carbocycles. The lowest BCUT2D eigenvalue weighted by molar-refractivity contribution is -0.173. The molecular weight excluding hydrogens is 579 g/mol. The monoisotopic (exact) mass is 604 g/mol. The van der Waals surface area contributed by atoms with Gasteiger partial charge in [-0.3, -0.25) is 9.78 Å². The predicted molar refractivity (Wildman–Crippen MR) is 157 cm³/mol. The molecule has 0 aliphatic rings. The van der Waals surface area contributed by atoms with Crippen LogP contribution in [0.1, 0.15) is 34.0 Å². The first kappa shape index (κ1) is 30.3. The van der Waals surface area contributed by atoms with Crippen molar-refractivity contribution in [3.63, 3.8) is 0 Å². The Morgan fingerprint density at radius 1 is 0.818 bits per heavy atom. The third-order valence-corrected chi connectivity index (χ3v) is 7.15. The second kappa shape index (κ2) is 11.9. The topological polar surface area (TPSA) is 59.5 Å². The van der Waals surface area contributed by atoms with E-state index in [0.29, 0.717) is 22.5 Å². The van der Waals surface area contributed by atoms with Crippen LogP contribution in [-0.4, -0.2) is 30.4 Å². The molecule has 0 bridgehead atoms. The molecule has 1 heterocycles. The zero-order valence-electron chi connectivity index (χ0n) is 23.5. The van der Waals surface area contributed by atoms with Crippen LogP contribution in [0.2, 0.25) is 0 Å². The third kappa shape index (κ3) is 5.75. The highest BCUT2D eigenvalue weighted by atomic mass is 19.4. The second-order valence-electron chi connectivity index (χ2n) is 9.89. The van der Waals surface area contributed by atoms with Crippen LogP contribution in [0, 0.1) is 0 Å². The van der Waals surface area contributed by atoms with E-state index in [1.807, 2.05) is 0 Å². The molecule has 0 unspecified atom stereocenters. The molecule has 1 aromatic heterocycles. The molecule has 0 radical (unpaired) electrons. The predicted octanol–water partition coefficient (Wildman–Crippen LogP) is 8.57. The van der Waals surface area contributed by atoms with E-state index in [-0.39, 0.29) is 28.6 Å². The Morgan fingerprint density at radius 2 is 1.50 bits per heavy atom. The number of hydrogen-bond donors (Lipinski definition) is 0. The number of ether oxygens (including phenoxy) is 1. The van der Waals surface area contributed by atoms with Crippen LogP contribution < -0.4 is 4.90 Å². The lowest BCUT2D eigenvalue weighted by Crippen LogP contribution is -2.28. The molecule has 10 heteroatoms. The number of rotatable bonds is 8. The molecule has 224 valence electrons. The Kier molecular flexibility index (Phi) is 8.19. The number of anilines is 2. The van der Waals surface area contributed by atoms with E-state index in [4.69, 9.17) is 0 Å². The first-order valence-electron chi connectivity index (χ1n) is 13.5. The lowest BCUT2D eigenvalue weighted by Gasteiger charge is -2.22. The summed E-state index contributed by atoms with van der Waals surface area (Å²) >= 11 is 0. The minimum atomic E-state index is -4.67. The minimum absolute atomic E-state index is 0.119. The van der Waals surface area contributed by atoms with Crippen LogP contribution in [0.4, 0.5) is 33.3 Å². The molecule has 0 saturated heterocycles. The summed E-state index contributed by atoms with van der Waals surface area (Å²) in [6.07, 6.45) is -3.51. The number of aromatic nitrogens is 1. The largest absolute Gasteiger partial charge is 0.461 e. The van der Waals surface area contributed by atoms with Gasteiger partial charge in [0.2, 0.25) is 0 Å². The number of benzene rings is 4. The van der Waals surface area contributed by atoms with Crippen LogP contribution in [0.5, 0.6) is 0 Å². The van der Waals surface area contributed by atoms with E-state index in [1.165, 1.54) is 37.4 Å². The first-order chi connectivity index (χ1) is 20.9. The van der Waals surface area contributed by atoms with Crippen LogP contribution in [-0.2, 0) is 21.6 Å². The number of carbonyl (C=O) groups is 2. The van der Waals surface area contributed by atoms with Crippen molar-refractivity contribution in [2.24, 2.45) is 0 Å². The fourth-order valence-electron chi connectivity index (χ4n) is 4.93. The number of para-hydroxylation sites is 1. The summed E-state index contributed by atoms with van der Waals surface area (Å²) in [5.74, 6) is -5.89. The van der Waals surface area contributed by atoms with Crippen molar-refractivity contribution in [1.29, 1.82) is 0 Å². The molecule has 0 saturated carbocycles. The molecule has 0 fully saturated rings. The first-order valence-corrected chi connectivity index (χ1v) is 13.5. The average molecular weight is 605 g/mol. The van der Waals surface area contributed by atoms with Gasteiger partial charge < -0.3 is 9.64 Å². The summed E-state index contributed by atoms with van der Waals surface area (Å²) in [5, 5.41) is 0.145. The average Bonchev–Trinajstić information content (AvgIpc) is 3.03. The SMILES string of the molecule is CCOC(=O)C(F)(F)c1ccc(N(C)c2cccc(-c3c(C(=O)c4ccccc4)cnc4c(C(F)(F)F)cccc34)c2)cc1. The van der Waals surface area contributed by atoms with Gasteiger partial charge in [-0.2, -0.15) is 22.0 Å². The van der Waals surface area contributed by atoms with Gasteiger partial charge in [-0.05, 0) is 42.8 Å². The van der Waals surface area contributed by atoms with E-state index in [0.717, 1.165) is 18.2 Å². The summed E-state index contributed by atoms with van der Waals surface area (Å²) in [6, 6.07) is 23.9. The maximum absolute atomic E-state index is 14.5. The van der Waals surface area contributed by atoms with Crippen molar-refractivity contribution in [3.05, 3.63) is 126 Å². The fourth-order valence-corrected chi connectivity index (χ4v) is 4.93. The normalized spacial score (nSPS) is 11.8. The van der Waals surface area contributed by atoms with E-state index in [9.17, 15) is 31.5 Å². The number of alkyl halides is 5. The summed E-state index contributed by atoms with van der Waals surface area (Å²) in [6.45, 7) is 1.25. The molecule has 0 aliphatic carbocycles. The number of nitrogens with zero attached hydrogens (tertiary/aromatic N) is 2. The number of carbonyl (C=O) groups excluding carboxylic acids is 2. The highest BCUT2D eigenvalue weighted by Gasteiger charge is 2.42. The van der Waals surface area contributed by atoms with Crippen molar-refractivity contribution < 1.29 is 36.3 Å². The molecule has 5 aromatic rings. The Hall–Kier alpha value is -5.12. The number of ketones is 1. The van der Waals surface area contributed by atoms with Gasteiger partial charge in [0.05, 0.1) is 17.7 Å².